The summed E-state index contributed by atoms with van der Waals surface area (Å²) < 4.78 is 33.7. The highest BCUT2D eigenvalue weighted by Gasteiger charge is 2.23. The van der Waals surface area contributed by atoms with Crippen LogP contribution in [0.5, 0.6) is 0 Å². The van der Waals surface area contributed by atoms with E-state index >= 15 is 0 Å². The van der Waals surface area contributed by atoms with E-state index in [-0.39, 0.29) is 11.4 Å². The van der Waals surface area contributed by atoms with Crippen LogP contribution in [0.1, 0.15) is 29.9 Å². The molecule has 0 spiro atoms. The van der Waals surface area contributed by atoms with Crippen LogP contribution in [-0.4, -0.2) is 8.42 Å². The molecule has 1 heterocycles. The van der Waals surface area contributed by atoms with Gasteiger partial charge in [-0.1, -0.05) is 15.9 Å². The van der Waals surface area contributed by atoms with Gasteiger partial charge in [-0.2, -0.15) is 0 Å². The summed E-state index contributed by atoms with van der Waals surface area (Å²) in [5.41, 5.74) is 7.00. The fourth-order valence-corrected chi connectivity index (χ4v) is 4.16. The Morgan fingerprint density at radius 2 is 2.14 bits per heavy atom. The molecule has 0 saturated carbocycles. The minimum absolute atomic E-state index is 0.218. The van der Waals surface area contributed by atoms with Crippen molar-refractivity contribution < 1.29 is 12.8 Å². The Hall–Kier alpha value is -1.15. The Labute approximate surface area is 132 Å². The van der Waals surface area contributed by atoms with Gasteiger partial charge in [0.1, 0.15) is 5.76 Å². The summed E-state index contributed by atoms with van der Waals surface area (Å²) in [7, 11) is -3.67. The first kappa shape index (κ1) is 16.2. The molecule has 0 bridgehead atoms. The molecule has 2 aromatic rings. The van der Waals surface area contributed by atoms with Gasteiger partial charge < -0.3 is 10.2 Å². The second kappa shape index (κ2) is 6.31. The van der Waals surface area contributed by atoms with Crippen molar-refractivity contribution in [2.45, 2.75) is 31.3 Å². The first-order valence-corrected chi connectivity index (χ1v) is 8.67. The maximum Gasteiger partial charge on any atom is 0.241 e. The van der Waals surface area contributed by atoms with Gasteiger partial charge in [0, 0.05) is 11.0 Å². The molecule has 0 fully saturated rings. The number of hydrogen-bond acceptors (Lipinski definition) is 4. The summed E-state index contributed by atoms with van der Waals surface area (Å²) in [6, 6.07) is 6.41. The number of sulfonamides is 1. The monoisotopic (exact) mass is 372 g/mol. The van der Waals surface area contributed by atoms with Gasteiger partial charge >= 0.3 is 0 Å². The normalized spacial score (nSPS) is 13.3. The predicted octanol–water partition coefficient (Wildman–Crippen LogP) is 2.85. The fourth-order valence-electron chi connectivity index (χ4n) is 2.00. The lowest BCUT2D eigenvalue weighted by atomic mass is 10.1. The van der Waals surface area contributed by atoms with Gasteiger partial charge in [-0.25, -0.2) is 13.1 Å². The van der Waals surface area contributed by atoms with Crippen LogP contribution in [0.15, 0.2) is 44.3 Å². The largest absolute Gasteiger partial charge is 0.468 e. The van der Waals surface area contributed by atoms with Gasteiger partial charge in [0.2, 0.25) is 10.0 Å². The summed E-state index contributed by atoms with van der Waals surface area (Å²) in [5, 5.41) is 0. The van der Waals surface area contributed by atoms with Crippen LogP contribution in [0.2, 0.25) is 0 Å². The van der Waals surface area contributed by atoms with Crippen LogP contribution < -0.4 is 10.5 Å². The Morgan fingerprint density at radius 3 is 2.71 bits per heavy atom. The second-order valence-corrected chi connectivity index (χ2v) is 7.30. The minimum Gasteiger partial charge on any atom is -0.468 e. The smallest absolute Gasteiger partial charge is 0.241 e. The van der Waals surface area contributed by atoms with Crippen LogP contribution in [0.4, 0.5) is 0 Å². The zero-order valence-corrected chi connectivity index (χ0v) is 14.2. The lowest BCUT2D eigenvalue weighted by molar-refractivity contribution is 0.459. The number of benzene rings is 1. The van der Waals surface area contributed by atoms with E-state index in [1.54, 1.807) is 32.0 Å². The van der Waals surface area contributed by atoms with Crippen LogP contribution >= 0.6 is 15.9 Å². The molecule has 114 valence electrons. The molecule has 1 unspecified atom stereocenters. The van der Waals surface area contributed by atoms with Crippen molar-refractivity contribution in [2.24, 2.45) is 5.73 Å². The summed E-state index contributed by atoms with van der Waals surface area (Å²) in [6.45, 7) is 3.75. The van der Waals surface area contributed by atoms with E-state index in [1.165, 1.54) is 6.26 Å². The van der Waals surface area contributed by atoms with Crippen molar-refractivity contribution in [3.63, 3.8) is 0 Å². The van der Waals surface area contributed by atoms with Crippen molar-refractivity contribution >= 4 is 26.0 Å². The first-order chi connectivity index (χ1) is 9.85. The topological polar surface area (TPSA) is 85.3 Å². The quantitative estimate of drug-likeness (QED) is 0.844. The lowest BCUT2D eigenvalue weighted by Crippen LogP contribution is -2.27. The van der Waals surface area contributed by atoms with Gasteiger partial charge in [0.15, 0.2) is 0 Å². The summed E-state index contributed by atoms with van der Waals surface area (Å²) >= 11 is 3.37. The molecule has 0 aliphatic heterocycles. The van der Waals surface area contributed by atoms with E-state index in [4.69, 9.17) is 10.2 Å². The maximum absolute atomic E-state index is 12.6. The van der Waals surface area contributed by atoms with Crippen molar-refractivity contribution in [2.75, 3.05) is 0 Å². The summed E-state index contributed by atoms with van der Waals surface area (Å²) in [6.07, 6.45) is 1.51. The molecule has 0 radical (unpaired) electrons. The van der Waals surface area contributed by atoms with Gasteiger partial charge in [-0.15, -0.1) is 0 Å². The zero-order valence-electron chi connectivity index (χ0n) is 11.8. The summed E-state index contributed by atoms with van der Waals surface area (Å²) in [4.78, 5) is 0.218. The number of hydrogen-bond donors (Lipinski definition) is 2. The average Bonchev–Trinajstić information content (AvgIpc) is 2.95. The Balaban J connectivity index is 2.38. The molecule has 5 nitrogen and oxygen atoms in total. The third-order valence-electron chi connectivity index (χ3n) is 3.18. The van der Waals surface area contributed by atoms with E-state index in [0.29, 0.717) is 11.3 Å². The molecule has 2 rings (SSSR count). The molecule has 0 aliphatic rings. The van der Waals surface area contributed by atoms with E-state index in [0.717, 1.165) is 10.0 Å². The van der Waals surface area contributed by atoms with Crippen molar-refractivity contribution in [3.8, 4) is 0 Å². The highest BCUT2D eigenvalue weighted by molar-refractivity contribution is 9.10. The van der Waals surface area contributed by atoms with Crippen molar-refractivity contribution in [3.05, 3.63) is 51.9 Å². The van der Waals surface area contributed by atoms with Crippen LogP contribution in [-0.2, 0) is 16.6 Å². The van der Waals surface area contributed by atoms with E-state index in [9.17, 15) is 8.42 Å². The summed E-state index contributed by atoms with van der Waals surface area (Å²) in [5.74, 6) is 0.560. The zero-order chi connectivity index (χ0) is 15.6. The molecule has 1 atom stereocenters. The molecule has 0 amide bonds. The van der Waals surface area contributed by atoms with Crippen molar-refractivity contribution in [1.29, 1.82) is 0 Å². The fraction of sp³-hybridized carbons (Fsp3) is 0.286. The van der Waals surface area contributed by atoms with E-state index in [2.05, 4.69) is 20.7 Å². The van der Waals surface area contributed by atoms with Gasteiger partial charge in [0.05, 0.1) is 17.2 Å². The number of furan rings is 1. The van der Waals surface area contributed by atoms with Crippen molar-refractivity contribution in [1.82, 2.24) is 4.72 Å². The highest BCUT2D eigenvalue weighted by Crippen LogP contribution is 2.27. The number of halogens is 1. The molecule has 21 heavy (non-hydrogen) atoms. The molecule has 0 aliphatic carbocycles. The van der Waals surface area contributed by atoms with Crippen LogP contribution in [0, 0.1) is 6.92 Å². The van der Waals surface area contributed by atoms with Gasteiger partial charge in [0.25, 0.3) is 0 Å². The van der Waals surface area contributed by atoms with Gasteiger partial charge in [-0.3, -0.25) is 0 Å². The first-order valence-electron chi connectivity index (χ1n) is 6.40. The maximum atomic E-state index is 12.6. The molecule has 1 aromatic heterocycles. The third-order valence-corrected chi connectivity index (χ3v) is 5.67. The standard InChI is InChI=1S/C14H17BrN2O3S/c1-9-12(15)6-11(8-16)7-14(9)21(18,19)17-10(2)13-4-3-5-20-13/h3-7,10,17H,8,16H2,1-2H3. The number of nitrogens with two attached hydrogens (primary N) is 1. The molecule has 1 aromatic carbocycles. The number of nitrogens with one attached hydrogen (secondary N) is 1. The van der Waals surface area contributed by atoms with Crippen LogP contribution in [0.3, 0.4) is 0 Å². The molecular weight excluding hydrogens is 356 g/mol. The highest BCUT2D eigenvalue weighted by atomic mass is 79.9. The average molecular weight is 373 g/mol. The second-order valence-electron chi connectivity index (χ2n) is 4.76. The van der Waals surface area contributed by atoms with Gasteiger partial charge in [-0.05, 0) is 49.2 Å². The predicted molar refractivity (Wildman–Crippen MR) is 84.2 cm³/mol. The van der Waals surface area contributed by atoms with Crippen LogP contribution in [0.25, 0.3) is 0 Å². The van der Waals surface area contributed by atoms with E-state index in [1.807, 2.05) is 6.07 Å². The molecule has 3 N–H and O–H groups in total. The molecule has 7 heteroatoms. The molecule has 0 saturated heterocycles. The Morgan fingerprint density at radius 1 is 1.43 bits per heavy atom. The molecular formula is C14H17BrN2O3S. The number of rotatable bonds is 5. The SMILES string of the molecule is Cc1c(Br)cc(CN)cc1S(=O)(=O)NC(C)c1ccco1. The Bertz CT molecular complexity index is 727. The third kappa shape index (κ3) is 3.55. The Kier molecular flexibility index (Phi) is 4.88. The lowest BCUT2D eigenvalue weighted by Gasteiger charge is -2.15. The van der Waals surface area contributed by atoms with E-state index < -0.39 is 16.1 Å². The minimum atomic E-state index is -3.67.